The predicted octanol–water partition coefficient (Wildman–Crippen LogP) is 0.805. The van der Waals surface area contributed by atoms with E-state index in [-0.39, 0.29) is 24.3 Å². The molecule has 3 heterocycles. The van der Waals surface area contributed by atoms with E-state index < -0.39 is 37.7 Å². The number of sulfone groups is 1. The molecule has 10 heteroatoms. The number of rotatable bonds is 5. The van der Waals surface area contributed by atoms with Gasteiger partial charge in [0.2, 0.25) is 0 Å². The minimum atomic E-state index is -4.04. The topological polar surface area (TPSA) is 120 Å². The van der Waals surface area contributed by atoms with Gasteiger partial charge in [0, 0.05) is 30.7 Å². The maximum Gasteiger partial charge on any atom is 0.335 e. The van der Waals surface area contributed by atoms with Gasteiger partial charge in [-0.1, -0.05) is 30.3 Å². The maximum atomic E-state index is 13.1. The molecule has 0 spiro atoms. The van der Waals surface area contributed by atoms with Crippen LogP contribution in [0.2, 0.25) is 0 Å². The van der Waals surface area contributed by atoms with E-state index in [1.165, 1.54) is 6.92 Å². The number of pyridine rings is 1. The van der Waals surface area contributed by atoms with Crippen LogP contribution in [-0.4, -0.2) is 28.4 Å². The smallest absolute Gasteiger partial charge is 0.335 e. The first kappa shape index (κ1) is 21.4. The highest BCUT2D eigenvalue weighted by atomic mass is 32.2. The predicted molar refractivity (Wildman–Crippen MR) is 118 cm³/mol. The van der Waals surface area contributed by atoms with Crippen LogP contribution >= 0.6 is 0 Å². The average Bonchev–Trinajstić information content (AvgIpc) is 2.79. The molecule has 0 radical (unpaired) electrons. The molecule has 0 saturated heterocycles. The number of amides is 1. The highest BCUT2D eigenvalue weighted by Crippen LogP contribution is 2.22. The van der Waals surface area contributed by atoms with Crippen molar-refractivity contribution in [1.82, 2.24) is 19.4 Å². The van der Waals surface area contributed by atoms with E-state index in [1.807, 2.05) is 6.07 Å². The zero-order chi connectivity index (χ0) is 22.9. The lowest BCUT2D eigenvalue weighted by Crippen LogP contribution is -2.44. The van der Waals surface area contributed by atoms with Crippen LogP contribution in [0.4, 0.5) is 0 Å². The Morgan fingerprint density at radius 1 is 1.06 bits per heavy atom. The maximum absolute atomic E-state index is 13.1. The van der Waals surface area contributed by atoms with E-state index in [4.69, 9.17) is 0 Å². The lowest BCUT2D eigenvalue weighted by atomic mass is 10.2. The van der Waals surface area contributed by atoms with Crippen LogP contribution in [-0.2, 0) is 33.5 Å². The number of carbonyl (C=O) groups excluding carboxylic acids is 1. The summed E-state index contributed by atoms with van der Waals surface area (Å²) in [6.45, 7) is 1.61. The van der Waals surface area contributed by atoms with Crippen LogP contribution < -0.4 is 16.6 Å². The molecule has 164 valence electrons. The molecule has 1 aliphatic heterocycles. The largest absolute Gasteiger partial charge is 0.347 e. The number of nitrogens with zero attached hydrogens (tertiary/aromatic N) is 3. The molecule has 0 saturated carbocycles. The first-order valence-corrected chi connectivity index (χ1v) is 11.4. The molecule has 3 aromatic rings. The van der Waals surface area contributed by atoms with Gasteiger partial charge in [0.25, 0.3) is 11.5 Å². The van der Waals surface area contributed by atoms with Gasteiger partial charge in [0.05, 0.1) is 18.0 Å². The molecule has 2 aromatic heterocycles. The molecule has 0 bridgehead atoms. The number of hydrogen-bond acceptors (Lipinski definition) is 6. The van der Waals surface area contributed by atoms with Gasteiger partial charge in [-0.15, -0.1) is 0 Å². The third kappa shape index (κ3) is 4.04. The molecule has 4 rings (SSSR count). The summed E-state index contributed by atoms with van der Waals surface area (Å²) in [6.07, 6.45) is 4.12. The lowest BCUT2D eigenvalue weighted by Gasteiger charge is -2.21. The van der Waals surface area contributed by atoms with Crippen LogP contribution in [0.25, 0.3) is 6.20 Å². The van der Waals surface area contributed by atoms with Gasteiger partial charge in [-0.3, -0.25) is 23.7 Å². The number of nitrogens with one attached hydrogen (secondary N) is 1. The highest BCUT2D eigenvalue weighted by Gasteiger charge is 2.33. The number of aromatic nitrogens is 3. The molecule has 32 heavy (non-hydrogen) atoms. The van der Waals surface area contributed by atoms with Gasteiger partial charge in [-0.05, 0) is 30.2 Å². The Balaban J connectivity index is 1.75. The van der Waals surface area contributed by atoms with Crippen molar-refractivity contribution in [1.29, 1.82) is 0 Å². The van der Waals surface area contributed by atoms with E-state index >= 15 is 0 Å². The fourth-order valence-electron chi connectivity index (χ4n) is 3.48. The van der Waals surface area contributed by atoms with Gasteiger partial charge >= 0.3 is 5.69 Å². The number of fused-ring (bicyclic) bond motifs is 1. The first-order chi connectivity index (χ1) is 15.3. The Bertz CT molecular complexity index is 1440. The molecule has 0 atom stereocenters. The van der Waals surface area contributed by atoms with E-state index in [9.17, 15) is 22.8 Å². The Kier molecular flexibility index (Phi) is 5.62. The summed E-state index contributed by atoms with van der Waals surface area (Å²) in [5, 5.41) is 2.56. The van der Waals surface area contributed by atoms with E-state index in [2.05, 4.69) is 10.3 Å². The van der Waals surface area contributed by atoms with Crippen LogP contribution in [0.1, 0.15) is 22.4 Å². The molecular weight excluding hydrogens is 432 g/mol. The lowest BCUT2D eigenvalue weighted by molar-refractivity contribution is -0.116. The SMILES string of the molecule is Cc1c2n(c(=O)n(Cc3ccccc3)c1=O)C=C(C(=O)NCc1ccncc1)S(=O)(=O)C2. The fourth-order valence-corrected chi connectivity index (χ4v) is 4.97. The van der Waals surface area contributed by atoms with Crippen LogP contribution in [0.15, 0.2) is 69.4 Å². The first-order valence-electron chi connectivity index (χ1n) is 9.78. The minimum absolute atomic E-state index is 0.0315. The van der Waals surface area contributed by atoms with Crippen molar-refractivity contribution in [2.24, 2.45) is 0 Å². The molecular formula is C22H20N4O5S. The van der Waals surface area contributed by atoms with Gasteiger partial charge in [-0.2, -0.15) is 0 Å². The summed E-state index contributed by atoms with van der Waals surface area (Å²) in [5.41, 5.74) is 0.446. The van der Waals surface area contributed by atoms with Gasteiger partial charge in [0.1, 0.15) is 4.91 Å². The summed E-state index contributed by atoms with van der Waals surface area (Å²) >= 11 is 0. The molecule has 0 aliphatic carbocycles. The van der Waals surface area contributed by atoms with Crippen LogP contribution in [0.5, 0.6) is 0 Å². The number of hydrogen-bond donors (Lipinski definition) is 1. The summed E-state index contributed by atoms with van der Waals surface area (Å²) in [4.78, 5) is 41.9. The summed E-state index contributed by atoms with van der Waals surface area (Å²) in [5.74, 6) is -1.43. The zero-order valence-electron chi connectivity index (χ0n) is 17.2. The van der Waals surface area contributed by atoms with E-state index in [0.717, 1.165) is 26.5 Å². The molecule has 0 unspecified atom stereocenters. The third-order valence-electron chi connectivity index (χ3n) is 5.24. The Labute approximate surface area is 183 Å². The summed E-state index contributed by atoms with van der Waals surface area (Å²) in [6, 6.07) is 12.3. The highest BCUT2D eigenvalue weighted by molar-refractivity contribution is 7.95. The van der Waals surface area contributed by atoms with Crippen molar-refractivity contribution in [2.75, 3.05) is 0 Å². The van der Waals surface area contributed by atoms with Gasteiger partial charge in [-0.25, -0.2) is 13.2 Å². The third-order valence-corrected chi connectivity index (χ3v) is 6.86. The molecule has 0 fully saturated rings. The van der Waals surface area contributed by atoms with Crippen LogP contribution in [0, 0.1) is 6.92 Å². The second-order valence-electron chi connectivity index (χ2n) is 7.39. The normalized spacial score (nSPS) is 14.3. The monoisotopic (exact) mass is 452 g/mol. The molecule has 1 amide bonds. The van der Waals surface area contributed by atoms with Crippen molar-refractivity contribution in [3.63, 3.8) is 0 Å². The van der Waals surface area contributed by atoms with Crippen molar-refractivity contribution in [3.8, 4) is 0 Å². The Morgan fingerprint density at radius 2 is 1.75 bits per heavy atom. The van der Waals surface area contributed by atoms with Gasteiger partial charge in [0.15, 0.2) is 9.84 Å². The summed E-state index contributed by atoms with van der Waals surface area (Å²) < 4.78 is 27.7. The minimum Gasteiger partial charge on any atom is -0.347 e. The average molecular weight is 452 g/mol. The Morgan fingerprint density at radius 3 is 2.44 bits per heavy atom. The molecule has 1 N–H and O–H groups in total. The van der Waals surface area contributed by atoms with Crippen molar-refractivity contribution >= 4 is 21.9 Å². The molecule has 1 aromatic carbocycles. The zero-order valence-corrected chi connectivity index (χ0v) is 18.0. The molecule has 1 aliphatic rings. The van der Waals surface area contributed by atoms with Crippen molar-refractivity contribution < 1.29 is 13.2 Å². The van der Waals surface area contributed by atoms with Gasteiger partial charge < -0.3 is 5.32 Å². The molecule has 9 nitrogen and oxygen atoms in total. The van der Waals surface area contributed by atoms with Crippen molar-refractivity contribution in [2.45, 2.75) is 25.8 Å². The fraction of sp³-hybridized carbons (Fsp3) is 0.182. The quantitative estimate of drug-likeness (QED) is 0.612. The number of carbonyl (C=O) groups is 1. The standard InChI is InChI=1S/C22H20N4O5S/c1-15-18-14-32(30,31)19(20(27)24-11-16-7-9-23-10-8-16)13-25(18)22(29)26(21(15)28)12-17-5-3-2-4-6-17/h2-10,13H,11-12,14H2,1H3,(H,24,27). The van der Waals surface area contributed by atoms with Crippen molar-refractivity contribution in [3.05, 3.63) is 103 Å². The van der Waals surface area contributed by atoms with E-state index in [1.54, 1.807) is 48.8 Å². The van der Waals surface area contributed by atoms with E-state index in [0.29, 0.717) is 0 Å². The second-order valence-corrected chi connectivity index (χ2v) is 9.35. The summed E-state index contributed by atoms with van der Waals surface area (Å²) in [7, 11) is -4.04. The van der Waals surface area contributed by atoms with Crippen LogP contribution in [0.3, 0.4) is 0 Å². The number of benzene rings is 1. The second kappa shape index (κ2) is 8.39. The Hall–Kier alpha value is -3.79.